The molecule has 0 saturated heterocycles. The van der Waals surface area contributed by atoms with Gasteiger partial charge in [-0.05, 0) is 42.8 Å². The first-order valence-corrected chi connectivity index (χ1v) is 9.98. The monoisotopic (exact) mass is 413 g/mol. The highest BCUT2D eigenvalue weighted by Crippen LogP contribution is 2.27. The van der Waals surface area contributed by atoms with Crippen molar-refractivity contribution in [3.63, 3.8) is 0 Å². The number of sulfonamides is 1. The summed E-state index contributed by atoms with van der Waals surface area (Å²) in [6.45, 7) is 1.70. The molecule has 1 heterocycles. The van der Waals surface area contributed by atoms with E-state index in [0.717, 1.165) is 0 Å². The zero-order valence-electron chi connectivity index (χ0n) is 14.3. The van der Waals surface area contributed by atoms with Crippen molar-refractivity contribution in [3.8, 4) is 0 Å². The molecule has 6 nitrogen and oxygen atoms in total. The third-order valence-electron chi connectivity index (χ3n) is 4.31. The fourth-order valence-electron chi connectivity index (χ4n) is 2.87. The smallest absolute Gasteiger partial charge is 0.295 e. The summed E-state index contributed by atoms with van der Waals surface area (Å²) in [5.74, 6) is 0. The molecule has 2 aromatic carbocycles. The summed E-state index contributed by atoms with van der Waals surface area (Å²) in [6, 6.07) is 8.91. The molecule has 0 aliphatic rings. The van der Waals surface area contributed by atoms with E-state index < -0.39 is 16.1 Å². The van der Waals surface area contributed by atoms with Gasteiger partial charge in [-0.25, -0.2) is 17.9 Å². The average molecular weight is 414 g/mol. The fourth-order valence-corrected chi connectivity index (χ4v) is 4.69. The normalized spacial score (nSPS) is 13.3. The highest BCUT2D eigenvalue weighted by molar-refractivity contribution is 7.89. The molecule has 0 aliphatic heterocycles. The number of nitrogens with one attached hydrogen (secondary N) is 1. The molecule has 0 aliphatic carbocycles. The molecule has 1 unspecified atom stereocenters. The van der Waals surface area contributed by atoms with Gasteiger partial charge in [-0.1, -0.05) is 29.3 Å². The van der Waals surface area contributed by atoms with E-state index >= 15 is 0 Å². The Kier molecular flexibility index (Phi) is 4.92. The Labute approximate surface area is 161 Å². The molecule has 0 radical (unpaired) electrons. The van der Waals surface area contributed by atoms with Crippen LogP contribution in [0.4, 0.5) is 0 Å². The molecule has 1 atom stereocenters. The van der Waals surface area contributed by atoms with Gasteiger partial charge in [-0.3, -0.25) is 9.13 Å². The van der Waals surface area contributed by atoms with E-state index in [0.29, 0.717) is 26.6 Å². The topological polar surface area (TPSA) is 73.1 Å². The van der Waals surface area contributed by atoms with Crippen LogP contribution in [0, 0.1) is 0 Å². The SMILES string of the molecule is CC(NS(=O)(=O)c1ccc2c(c1)n(C)c(=O)n2C)c1ccc(Cl)cc1Cl. The number of imidazole rings is 1. The zero-order valence-corrected chi connectivity index (χ0v) is 16.7. The van der Waals surface area contributed by atoms with Crippen molar-refractivity contribution in [1.29, 1.82) is 0 Å². The van der Waals surface area contributed by atoms with E-state index in [4.69, 9.17) is 23.2 Å². The van der Waals surface area contributed by atoms with Crippen LogP contribution in [0.5, 0.6) is 0 Å². The van der Waals surface area contributed by atoms with E-state index in [9.17, 15) is 13.2 Å². The maximum Gasteiger partial charge on any atom is 0.328 e. The van der Waals surface area contributed by atoms with Gasteiger partial charge in [0.1, 0.15) is 0 Å². The molecule has 9 heteroatoms. The van der Waals surface area contributed by atoms with Crippen molar-refractivity contribution in [3.05, 3.63) is 62.5 Å². The molecule has 0 amide bonds. The molecule has 1 N–H and O–H groups in total. The van der Waals surface area contributed by atoms with Crippen molar-refractivity contribution >= 4 is 44.3 Å². The van der Waals surface area contributed by atoms with Crippen LogP contribution in [0.2, 0.25) is 10.0 Å². The molecule has 138 valence electrons. The van der Waals surface area contributed by atoms with Crippen LogP contribution in [0.1, 0.15) is 18.5 Å². The van der Waals surface area contributed by atoms with E-state index in [1.807, 2.05) is 0 Å². The summed E-state index contributed by atoms with van der Waals surface area (Å²) in [6.07, 6.45) is 0. The molecule has 26 heavy (non-hydrogen) atoms. The third-order valence-corrected chi connectivity index (χ3v) is 6.42. The number of nitrogens with zero attached hydrogens (tertiary/aromatic N) is 2. The molecule has 3 rings (SSSR count). The second-order valence-electron chi connectivity index (χ2n) is 6.06. The van der Waals surface area contributed by atoms with Crippen LogP contribution >= 0.6 is 23.2 Å². The second kappa shape index (κ2) is 6.74. The number of fused-ring (bicyclic) bond motifs is 1. The minimum atomic E-state index is -3.81. The molecule has 1 aromatic heterocycles. The maximum absolute atomic E-state index is 12.8. The van der Waals surface area contributed by atoms with Gasteiger partial charge in [-0.2, -0.15) is 0 Å². The molecule has 0 bridgehead atoms. The molecule has 0 spiro atoms. The zero-order chi connectivity index (χ0) is 19.2. The summed E-state index contributed by atoms with van der Waals surface area (Å²) < 4.78 is 31.0. The van der Waals surface area contributed by atoms with Gasteiger partial charge in [0.2, 0.25) is 10.0 Å². The van der Waals surface area contributed by atoms with Crippen molar-refractivity contribution in [2.24, 2.45) is 14.1 Å². The van der Waals surface area contributed by atoms with Gasteiger partial charge in [-0.15, -0.1) is 0 Å². The van der Waals surface area contributed by atoms with Crippen molar-refractivity contribution in [1.82, 2.24) is 13.9 Å². The van der Waals surface area contributed by atoms with Crippen LogP contribution in [0.3, 0.4) is 0 Å². The largest absolute Gasteiger partial charge is 0.328 e. The molecule has 3 aromatic rings. The number of hydrogen-bond acceptors (Lipinski definition) is 3. The van der Waals surface area contributed by atoms with E-state index in [1.165, 1.54) is 21.3 Å². The molecular weight excluding hydrogens is 397 g/mol. The quantitative estimate of drug-likeness (QED) is 0.713. The lowest BCUT2D eigenvalue weighted by Gasteiger charge is -2.16. The summed E-state index contributed by atoms with van der Waals surface area (Å²) in [5, 5.41) is 0.859. The van der Waals surface area contributed by atoms with Crippen molar-refractivity contribution < 1.29 is 8.42 Å². The standard InChI is InChI=1S/C17H17Cl2N3O3S/c1-10(13-6-4-11(18)8-14(13)19)20-26(24,25)12-5-7-15-16(9-12)22(3)17(23)21(15)2/h4-10,20H,1-3H3. The van der Waals surface area contributed by atoms with E-state index in [-0.39, 0.29) is 10.6 Å². The average Bonchev–Trinajstić information content (AvgIpc) is 2.78. The molecular formula is C17H17Cl2N3O3S. The first-order chi connectivity index (χ1) is 12.1. The van der Waals surface area contributed by atoms with Crippen LogP contribution in [-0.4, -0.2) is 17.6 Å². The Morgan fingerprint density at radius 2 is 1.65 bits per heavy atom. The summed E-state index contributed by atoms with van der Waals surface area (Å²) >= 11 is 12.0. The Balaban J connectivity index is 1.99. The Morgan fingerprint density at radius 1 is 1.00 bits per heavy atom. The van der Waals surface area contributed by atoms with Crippen LogP contribution in [-0.2, 0) is 24.1 Å². The number of aromatic nitrogens is 2. The minimum Gasteiger partial charge on any atom is -0.295 e. The van der Waals surface area contributed by atoms with Crippen LogP contribution < -0.4 is 10.4 Å². The Bertz CT molecular complexity index is 1170. The van der Waals surface area contributed by atoms with Gasteiger partial charge >= 0.3 is 5.69 Å². The summed E-state index contributed by atoms with van der Waals surface area (Å²) in [7, 11) is -0.570. The lowest BCUT2D eigenvalue weighted by molar-refractivity contribution is 0.567. The Hall–Kier alpha value is -1.80. The predicted molar refractivity (Wildman–Crippen MR) is 103 cm³/mol. The van der Waals surface area contributed by atoms with Crippen LogP contribution in [0.15, 0.2) is 46.1 Å². The molecule has 0 fully saturated rings. The number of rotatable bonds is 4. The Morgan fingerprint density at radius 3 is 2.31 bits per heavy atom. The summed E-state index contributed by atoms with van der Waals surface area (Å²) in [5.41, 5.74) is 1.60. The van der Waals surface area contributed by atoms with Crippen molar-refractivity contribution in [2.45, 2.75) is 17.9 Å². The predicted octanol–water partition coefficient (Wildman–Crippen LogP) is 3.22. The maximum atomic E-state index is 12.8. The highest BCUT2D eigenvalue weighted by Gasteiger charge is 2.21. The lowest BCUT2D eigenvalue weighted by atomic mass is 10.1. The second-order valence-corrected chi connectivity index (χ2v) is 8.62. The number of halogens is 2. The van der Waals surface area contributed by atoms with Crippen LogP contribution in [0.25, 0.3) is 11.0 Å². The number of benzene rings is 2. The fraction of sp³-hybridized carbons (Fsp3) is 0.235. The van der Waals surface area contributed by atoms with Gasteiger partial charge in [0.25, 0.3) is 0 Å². The first-order valence-electron chi connectivity index (χ1n) is 7.74. The first kappa shape index (κ1) is 19.0. The summed E-state index contributed by atoms with van der Waals surface area (Å²) in [4.78, 5) is 12.1. The van der Waals surface area contributed by atoms with Crippen molar-refractivity contribution in [2.75, 3.05) is 0 Å². The lowest BCUT2D eigenvalue weighted by Crippen LogP contribution is -2.27. The van der Waals surface area contributed by atoms with Gasteiger partial charge in [0.15, 0.2) is 0 Å². The number of aryl methyl sites for hydroxylation is 2. The van der Waals surface area contributed by atoms with Gasteiger partial charge in [0.05, 0.1) is 15.9 Å². The van der Waals surface area contributed by atoms with E-state index in [2.05, 4.69) is 4.72 Å². The van der Waals surface area contributed by atoms with E-state index in [1.54, 1.807) is 45.3 Å². The molecule has 0 saturated carbocycles. The minimum absolute atomic E-state index is 0.0723. The van der Waals surface area contributed by atoms with Gasteiger partial charge < -0.3 is 0 Å². The third kappa shape index (κ3) is 3.27. The number of hydrogen-bond donors (Lipinski definition) is 1. The highest BCUT2D eigenvalue weighted by atomic mass is 35.5. The van der Waals surface area contributed by atoms with Gasteiger partial charge in [0, 0.05) is 30.2 Å².